The van der Waals surface area contributed by atoms with Crippen LogP contribution in [-0.2, 0) is 11.3 Å². The molecule has 32 heavy (non-hydrogen) atoms. The molecule has 164 valence electrons. The molecule has 0 unspecified atom stereocenters. The average Bonchev–Trinajstić information content (AvgIpc) is 3.48. The maximum atomic E-state index is 12.5. The van der Waals surface area contributed by atoms with Gasteiger partial charge >= 0.3 is 12.6 Å². The van der Waals surface area contributed by atoms with Crippen molar-refractivity contribution in [3.63, 3.8) is 0 Å². The Labute approximate surface area is 182 Å². The van der Waals surface area contributed by atoms with Crippen molar-refractivity contribution < 1.29 is 32.3 Å². The van der Waals surface area contributed by atoms with Gasteiger partial charge in [0.15, 0.2) is 34.6 Å². The van der Waals surface area contributed by atoms with Gasteiger partial charge in [-0.1, -0.05) is 5.16 Å². The minimum absolute atomic E-state index is 0.0297. The maximum Gasteiger partial charge on any atom is 0.387 e. The largest absolute Gasteiger partial charge is 0.493 e. The number of halogens is 2. The average molecular weight is 461 g/mol. The fraction of sp³-hybridized carbons (Fsp3) is 0.158. The molecule has 3 heterocycles. The van der Waals surface area contributed by atoms with E-state index in [9.17, 15) is 13.6 Å². The lowest BCUT2D eigenvalue weighted by molar-refractivity contribution is -0.0512. The summed E-state index contributed by atoms with van der Waals surface area (Å²) < 4.78 is 44.6. The number of aromatic nitrogens is 5. The Morgan fingerprint density at radius 3 is 2.72 bits per heavy atom. The smallest absolute Gasteiger partial charge is 0.387 e. The molecule has 10 nitrogen and oxygen atoms in total. The van der Waals surface area contributed by atoms with E-state index < -0.39 is 12.6 Å². The molecule has 0 N–H and O–H groups in total. The van der Waals surface area contributed by atoms with Crippen LogP contribution in [0, 0.1) is 0 Å². The van der Waals surface area contributed by atoms with Crippen molar-refractivity contribution in [2.24, 2.45) is 0 Å². The van der Waals surface area contributed by atoms with Crippen LogP contribution in [0.15, 0.2) is 46.6 Å². The van der Waals surface area contributed by atoms with Gasteiger partial charge in [-0.15, -0.1) is 11.3 Å². The number of ether oxygens (including phenoxy) is 3. The van der Waals surface area contributed by atoms with Gasteiger partial charge in [0, 0.05) is 23.3 Å². The number of hydrogen-bond acceptors (Lipinski definition) is 11. The molecule has 0 saturated carbocycles. The zero-order chi connectivity index (χ0) is 22.5. The van der Waals surface area contributed by atoms with Crippen LogP contribution in [0.25, 0.3) is 22.2 Å². The van der Waals surface area contributed by atoms with E-state index >= 15 is 0 Å². The second-order valence-electron chi connectivity index (χ2n) is 5.94. The first-order valence-corrected chi connectivity index (χ1v) is 9.77. The van der Waals surface area contributed by atoms with Crippen LogP contribution >= 0.6 is 11.3 Å². The van der Waals surface area contributed by atoms with Crippen LogP contribution in [-0.4, -0.2) is 44.8 Å². The monoisotopic (exact) mass is 461 g/mol. The number of methoxy groups -OCH3 is 1. The number of alkyl halides is 2. The fourth-order valence-corrected chi connectivity index (χ4v) is 3.25. The third-order valence-corrected chi connectivity index (χ3v) is 4.74. The van der Waals surface area contributed by atoms with E-state index in [4.69, 9.17) is 14.0 Å². The highest BCUT2D eigenvalue weighted by Gasteiger charge is 2.18. The Kier molecular flexibility index (Phi) is 6.26. The number of hydrogen-bond donors (Lipinski definition) is 0. The molecular weight excluding hydrogens is 448 g/mol. The molecule has 0 aliphatic carbocycles. The minimum Gasteiger partial charge on any atom is -0.493 e. The van der Waals surface area contributed by atoms with Gasteiger partial charge < -0.3 is 18.7 Å². The van der Waals surface area contributed by atoms with Crippen LogP contribution in [0.2, 0.25) is 0 Å². The molecule has 4 aromatic rings. The first-order chi connectivity index (χ1) is 15.5. The molecule has 3 aromatic heterocycles. The summed E-state index contributed by atoms with van der Waals surface area (Å²) in [6, 6.07) is 5.85. The summed E-state index contributed by atoms with van der Waals surface area (Å²) in [5.41, 5.74) is 0.522. The lowest BCUT2D eigenvalue weighted by Crippen LogP contribution is -2.06. The van der Waals surface area contributed by atoms with Gasteiger partial charge in [-0.3, -0.25) is 0 Å². The van der Waals surface area contributed by atoms with Gasteiger partial charge in [0.25, 0.3) is 5.89 Å². The maximum absolute atomic E-state index is 12.5. The fourth-order valence-electron chi connectivity index (χ4n) is 2.51. The van der Waals surface area contributed by atoms with Crippen molar-refractivity contribution in [1.29, 1.82) is 0 Å². The Hall–Kier alpha value is -4.00. The molecule has 0 radical (unpaired) electrons. The van der Waals surface area contributed by atoms with Gasteiger partial charge in [-0.25, -0.2) is 19.7 Å². The number of carbonyl (C=O) groups is 1. The topological polar surface area (TPSA) is 122 Å². The van der Waals surface area contributed by atoms with Crippen LogP contribution < -0.4 is 9.47 Å². The lowest BCUT2D eigenvalue weighted by Gasteiger charge is -2.10. The van der Waals surface area contributed by atoms with Crippen molar-refractivity contribution in [3.8, 4) is 33.7 Å². The summed E-state index contributed by atoms with van der Waals surface area (Å²) >= 11 is 1.20. The molecular formula is C19H13F2N5O5S. The zero-order valence-corrected chi connectivity index (χ0v) is 17.1. The Morgan fingerprint density at radius 2 is 1.97 bits per heavy atom. The number of thiazole rings is 1. The number of nitrogens with zero attached hydrogens (tertiary/aromatic N) is 5. The molecule has 0 fully saturated rings. The summed E-state index contributed by atoms with van der Waals surface area (Å²) in [6.07, 6.45) is 3.15. The highest BCUT2D eigenvalue weighted by atomic mass is 32.1. The van der Waals surface area contributed by atoms with Gasteiger partial charge in [0.05, 0.1) is 7.11 Å². The summed E-state index contributed by atoms with van der Waals surface area (Å²) in [5.74, 6) is -0.163. The van der Waals surface area contributed by atoms with Gasteiger partial charge in [0.2, 0.25) is 5.82 Å². The van der Waals surface area contributed by atoms with Crippen molar-refractivity contribution in [2.75, 3.05) is 7.11 Å². The van der Waals surface area contributed by atoms with E-state index in [1.165, 1.54) is 42.0 Å². The third-order valence-electron chi connectivity index (χ3n) is 3.90. The second-order valence-corrected chi connectivity index (χ2v) is 6.80. The van der Waals surface area contributed by atoms with Crippen LogP contribution in [0.5, 0.6) is 11.5 Å². The van der Waals surface area contributed by atoms with Crippen LogP contribution in [0.4, 0.5) is 8.78 Å². The standard InChI is InChI=1S/C19H13F2N5O5S/c1-28-13-7-10(3-4-12(13)30-19(20)21)15-25-14(31-26-15)8-29-18(27)11-9-32-17(24-11)16-22-5-2-6-23-16/h2-7,9,19H,8H2,1H3. The Balaban J connectivity index is 1.41. The van der Waals surface area contributed by atoms with E-state index in [-0.39, 0.29) is 35.5 Å². The van der Waals surface area contributed by atoms with Crippen LogP contribution in [0.3, 0.4) is 0 Å². The predicted molar refractivity (Wildman–Crippen MR) is 105 cm³/mol. The van der Waals surface area contributed by atoms with E-state index in [1.807, 2.05) is 0 Å². The normalized spacial score (nSPS) is 10.9. The SMILES string of the molecule is COc1cc(-c2noc(COC(=O)c3csc(-c4ncccn4)n3)n2)ccc1OC(F)F. The first kappa shape index (κ1) is 21.2. The summed E-state index contributed by atoms with van der Waals surface area (Å²) in [5, 5.41) is 5.80. The summed E-state index contributed by atoms with van der Waals surface area (Å²) in [7, 11) is 1.31. The van der Waals surface area contributed by atoms with Gasteiger partial charge in [0.1, 0.15) is 0 Å². The third kappa shape index (κ3) is 4.83. The van der Waals surface area contributed by atoms with E-state index in [1.54, 1.807) is 18.5 Å². The minimum atomic E-state index is -2.99. The van der Waals surface area contributed by atoms with Crippen molar-refractivity contribution in [3.05, 3.63) is 53.6 Å². The van der Waals surface area contributed by atoms with E-state index in [0.717, 1.165) is 0 Å². The molecule has 0 amide bonds. The van der Waals surface area contributed by atoms with Crippen molar-refractivity contribution >= 4 is 17.3 Å². The zero-order valence-electron chi connectivity index (χ0n) is 16.3. The molecule has 0 atom stereocenters. The van der Waals surface area contributed by atoms with E-state index in [2.05, 4.69) is 29.8 Å². The summed E-state index contributed by atoms with van der Waals surface area (Å²) in [6.45, 7) is -3.28. The predicted octanol–water partition coefficient (Wildman–Crippen LogP) is 3.62. The quantitative estimate of drug-likeness (QED) is 0.360. The molecule has 0 saturated heterocycles. The van der Waals surface area contributed by atoms with E-state index in [0.29, 0.717) is 16.4 Å². The van der Waals surface area contributed by atoms with Crippen LogP contribution in [0.1, 0.15) is 16.4 Å². The molecule has 0 spiro atoms. The highest BCUT2D eigenvalue weighted by molar-refractivity contribution is 7.13. The van der Waals surface area contributed by atoms with Crippen molar-refractivity contribution in [1.82, 2.24) is 25.1 Å². The number of benzene rings is 1. The molecule has 1 aromatic carbocycles. The summed E-state index contributed by atoms with van der Waals surface area (Å²) in [4.78, 5) is 28.7. The molecule has 0 bridgehead atoms. The first-order valence-electron chi connectivity index (χ1n) is 8.89. The van der Waals surface area contributed by atoms with Gasteiger partial charge in [-0.2, -0.15) is 13.8 Å². The number of carbonyl (C=O) groups excluding carboxylic acids is 1. The molecule has 0 aliphatic rings. The van der Waals surface area contributed by atoms with Gasteiger partial charge in [-0.05, 0) is 24.3 Å². The number of esters is 1. The Bertz CT molecular complexity index is 1220. The highest BCUT2D eigenvalue weighted by Crippen LogP contribution is 2.32. The Morgan fingerprint density at radius 1 is 1.16 bits per heavy atom. The second kappa shape index (κ2) is 9.43. The number of rotatable bonds is 8. The molecule has 0 aliphatic heterocycles. The molecule has 13 heteroatoms. The molecule has 4 rings (SSSR count). The van der Waals surface area contributed by atoms with Crippen molar-refractivity contribution in [2.45, 2.75) is 13.2 Å². The lowest BCUT2D eigenvalue weighted by atomic mass is 10.2.